The van der Waals surface area contributed by atoms with Crippen LogP contribution < -0.4 is 5.32 Å². The quantitative estimate of drug-likeness (QED) is 0.362. The Morgan fingerprint density at radius 3 is 2.54 bits per heavy atom. The van der Waals surface area contributed by atoms with Gasteiger partial charge in [0.2, 0.25) is 0 Å². The normalized spacial score (nSPS) is 23.1. The van der Waals surface area contributed by atoms with Gasteiger partial charge in [0.25, 0.3) is 0 Å². The number of fused-ring (bicyclic) bond motifs is 3. The second-order valence-corrected chi connectivity index (χ2v) is 10.1. The van der Waals surface area contributed by atoms with E-state index in [1.54, 1.807) is 13.0 Å². The Morgan fingerprint density at radius 1 is 1.11 bits per heavy atom. The number of hydrogen-bond donors (Lipinski definition) is 2. The summed E-state index contributed by atoms with van der Waals surface area (Å²) < 4.78 is 84.6. The van der Waals surface area contributed by atoms with Gasteiger partial charge in [-0.15, -0.1) is 0 Å². The molecule has 4 nitrogen and oxygen atoms in total. The van der Waals surface area contributed by atoms with Crippen molar-refractivity contribution >= 4 is 16.6 Å². The van der Waals surface area contributed by atoms with Crippen LogP contribution in [0.25, 0.3) is 10.9 Å². The predicted molar refractivity (Wildman–Crippen MR) is 131 cm³/mol. The van der Waals surface area contributed by atoms with Gasteiger partial charge in [0, 0.05) is 59.6 Å². The van der Waals surface area contributed by atoms with Gasteiger partial charge >= 0.3 is 6.18 Å². The predicted octanol–water partition coefficient (Wildman–Crippen LogP) is 6.19. The molecule has 0 bridgehead atoms. The lowest BCUT2D eigenvalue weighted by Crippen LogP contribution is -2.47. The third-order valence-corrected chi connectivity index (χ3v) is 7.48. The molecule has 2 aliphatic heterocycles. The van der Waals surface area contributed by atoms with Crippen LogP contribution in [0.15, 0.2) is 36.4 Å². The van der Waals surface area contributed by atoms with Gasteiger partial charge in [-0.1, -0.05) is 18.2 Å². The van der Waals surface area contributed by atoms with Crippen LogP contribution in [-0.2, 0) is 6.42 Å². The number of anilines is 1. The maximum Gasteiger partial charge on any atom is 0.401 e. The number of nitrogens with zero attached hydrogens (tertiary/aromatic N) is 2. The summed E-state index contributed by atoms with van der Waals surface area (Å²) in [6, 6.07) is 7.73. The van der Waals surface area contributed by atoms with Crippen LogP contribution in [0, 0.1) is 11.6 Å². The van der Waals surface area contributed by atoms with E-state index in [1.165, 1.54) is 0 Å². The Labute approximate surface area is 211 Å². The zero-order valence-electron chi connectivity index (χ0n) is 20.5. The van der Waals surface area contributed by atoms with Crippen molar-refractivity contribution in [3.63, 3.8) is 0 Å². The fourth-order valence-corrected chi connectivity index (χ4v) is 5.87. The number of alkyl halides is 4. The summed E-state index contributed by atoms with van der Waals surface area (Å²) in [6.07, 6.45) is -3.03. The Bertz CT molecular complexity index is 1230. The highest BCUT2D eigenvalue weighted by atomic mass is 19.4. The molecule has 1 saturated heterocycles. The van der Waals surface area contributed by atoms with Crippen molar-refractivity contribution in [2.24, 2.45) is 0 Å². The minimum absolute atomic E-state index is 0.0546. The number of benzene rings is 2. The average molecular weight is 525 g/mol. The van der Waals surface area contributed by atoms with Crippen LogP contribution >= 0.6 is 0 Å². The van der Waals surface area contributed by atoms with Crippen molar-refractivity contribution in [2.75, 3.05) is 38.2 Å². The smallest absolute Gasteiger partial charge is 0.381 e. The summed E-state index contributed by atoms with van der Waals surface area (Å²) in [5.41, 5.74) is 1.73. The molecule has 0 radical (unpaired) electrons. The van der Waals surface area contributed by atoms with E-state index in [9.17, 15) is 17.6 Å². The van der Waals surface area contributed by atoms with Crippen molar-refractivity contribution in [3.8, 4) is 0 Å². The topological polar surface area (TPSA) is 34.3 Å². The number of halogens is 6. The minimum Gasteiger partial charge on any atom is -0.381 e. The largest absolute Gasteiger partial charge is 0.401 e. The monoisotopic (exact) mass is 524 g/mol. The molecule has 0 saturated carbocycles. The zero-order chi connectivity index (χ0) is 26.3. The van der Waals surface area contributed by atoms with Crippen LogP contribution in [0.4, 0.5) is 32.0 Å². The molecule has 1 fully saturated rings. The molecule has 0 spiro atoms. The first-order valence-electron chi connectivity index (χ1n) is 12.6. The van der Waals surface area contributed by atoms with Crippen LogP contribution in [0.5, 0.6) is 0 Å². The summed E-state index contributed by atoms with van der Waals surface area (Å²) in [7, 11) is 0. The Kier molecular flexibility index (Phi) is 7.15. The summed E-state index contributed by atoms with van der Waals surface area (Å²) in [5, 5.41) is 3.99. The van der Waals surface area contributed by atoms with E-state index >= 15 is 8.78 Å². The molecule has 200 valence electrons. The Morgan fingerprint density at radius 2 is 1.84 bits per heavy atom. The van der Waals surface area contributed by atoms with Gasteiger partial charge in [-0.3, -0.25) is 9.29 Å². The number of likely N-dealkylation sites (tertiary alicyclic amines) is 1. The lowest BCUT2D eigenvalue weighted by atomic mass is 9.88. The fourth-order valence-electron chi connectivity index (χ4n) is 5.87. The molecule has 1 aromatic heterocycles. The summed E-state index contributed by atoms with van der Waals surface area (Å²) in [4.78, 5) is 6.38. The molecule has 3 aromatic rings. The zero-order valence-corrected chi connectivity index (χ0v) is 20.5. The highest BCUT2D eigenvalue weighted by Gasteiger charge is 2.43. The van der Waals surface area contributed by atoms with Gasteiger partial charge in [0.05, 0.1) is 19.3 Å². The molecule has 5 rings (SSSR count). The first-order valence-corrected chi connectivity index (χ1v) is 12.6. The van der Waals surface area contributed by atoms with E-state index < -0.39 is 48.7 Å². The van der Waals surface area contributed by atoms with Crippen LogP contribution in [0.3, 0.4) is 0 Å². The van der Waals surface area contributed by atoms with Crippen LogP contribution in [0.1, 0.15) is 42.6 Å². The van der Waals surface area contributed by atoms with Crippen molar-refractivity contribution in [1.29, 1.82) is 0 Å². The third kappa shape index (κ3) is 5.31. The number of rotatable bonds is 7. The van der Waals surface area contributed by atoms with E-state index in [2.05, 4.69) is 15.2 Å². The van der Waals surface area contributed by atoms with Crippen molar-refractivity contribution in [2.45, 2.75) is 50.5 Å². The van der Waals surface area contributed by atoms with Gasteiger partial charge in [-0.25, -0.2) is 8.78 Å². The van der Waals surface area contributed by atoms with E-state index in [4.69, 9.17) is 0 Å². The molecule has 10 heteroatoms. The molecule has 0 aliphatic carbocycles. The molecular formula is C27H30F6N4. The van der Waals surface area contributed by atoms with Gasteiger partial charge in [0.15, 0.2) is 0 Å². The lowest BCUT2D eigenvalue weighted by molar-refractivity contribution is -0.155. The van der Waals surface area contributed by atoms with Crippen molar-refractivity contribution in [1.82, 2.24) is 14.8 Å². The molecule has 0 amide bonds. The SMILES string of the molecule is C[C@H]1Cc2c([nH]c3ccccc23)[C@H](c2c(F)cc(N[C@H]3CCN(CCCF)C3)cc2F)N1CC(F)(F)F. The van der Waals surface area contributed by atoms with Crippen LogP contribution in [0.2, 0.25) is 0 Å². The molecule has 2 aromatic carbocycles. The molecule has 37 heavy (non-hydrogen) atoms. The first kappa shape index (κ1) is 25.9. The third-order valence-electron chi connectivity index (χ3n) is 7.48. The fraction of sp³-hybridized carbons (Fsp3) is 0.481. The Balaban J connectivity index is 1.50. The highest BCUT2D eigenvalue weighted by Crippen LogP contribution is 2.44. The molecule has 0 unspecified atom stereocenters. The van der Waals surface area contributed by atoms with Crippen molar-refractivity contribution in [3.05, 3.63) is 64.9 Å². The van der Waals surface area contributed by atoms with Gasteiger partial charge < -0.3 is 15.2 Å². The molecule has 3 heterocycles. The number of aromatic nitrogens is 1. The van der Waals surface area contributed by atoms with Crippen molar-refractivity contribution < 1.29 is 26.3 Å². The maximum atomic E-state index is 15.6. The van der Waals surface area contributed by atoms with Gasteiger partial charge in [0.1, 0.15) is 11.6 Å². The number of nitrogens with one attached hydrogen (secondary N) is 2. The Hall–Kier alpha value is -2.72. The lowest BCUT2D eigenvalue weighted by Gasteiger charge is -2.41. The van der Waals surface area contributed by atoms with E-state index in [-0.39, 0.29) is 11.7 Å². The molecule has 3 atom stereocenters. The number of H-pyrrole nitrogens is 1. The number of hydrogen-bond acceptors (Lipinski definition) is 3. The standard InChI is InChI=1S/C27H30F6N4/c1-16-11-20-19-5-2-3-6-23(19)35-25(20)26(37(16)15-27(31,32)33)24-21(29)12-18(13-22(24)30)34-17-7-10-36(14-17)9-4-8-28/h2-3,5-6,12-13,16-17,26,34-35H,4,7-11,14-15H2,1H3/t16-,17-,26-/m0/s1. The van der Waals surface area contributed by atoms with Crippen LogP contribution in [-0.4, -0.2) is 65.9 Å². The van der Waals surface area contributed by atoms with E-state index in [0.717, 1.165) is 46.5 Å². The summed E-state index contributed by atoms with van der Waals surface area (Å²) >= 11 is 0. The summed E-state index contributed by atoms with van der Waals surface area (Å²) in [5.74, 6) is -1.80. The second-order valence-electron chi connectivity index (χ2n) is 10.1. The van der Waals surface area contributed by atoms with E-state index in [1.807, 2.05) is 18.2 Å². The molecule has 2 N–H and O–H groups in total. The summed E-state index contributed by atoms with van der Waals surface area (Å²) in [6.45, 7) is 1.99. The molecule has 2 aliphatic rings. The maximum absolute atomic E-state index is 15.6. The number of aromatic amines is 1. The highest BCUT2D eigenvalue weighted by molar-refractivity contribution is 5.85. The average Bonchev–Trinajstić information content (AvgIpc) is 3.42. The second kappa shape index (κ2) is 10.2. The van der Waals surface area contributed by atoms with Gasteiger partial charge in [-0.05, 0) is 49.9 Å². The van der Waals surface area contributed by atoms with E-state index in [0.29, 0.717) is 31.6 Å². The molecular weight excluding hydrogens is 494 g/mol. The number of para-hydroxylation sites is 1. The van der Waals surface area contributed by atoms with Gasteiger partial charge in [-0.2, -0.15) is 13.2 Å². The minimum atomic E-state index is -4.54. The first-order chi connectivity index (χ1) is 17.6.